The van der Waals surface area contributed by atoms with Gasteiger partial charge in [-0.25, -0.2) is 4.98 Å². The molecular formula is C21H26N4O2. The minimum Gasteiger partial charge on any atom is -0.486 e. The number of aromatic nitrogens is 2. The molecule has 6 heteroatoms. The van der Waals surface area contributed by atoms with Gasteiger partial charge in [-0.1, -0.05) is 25.1 Å². The molecule has 2 N–H and O–H groups in total. The van der Waals surface area contributed by atoms with Gasteiger partial charge in [-0.05, 0) is 43.7 Å². The van der Waals surface area contributed by atoms with Crippen LogP contribution in [0.3, 0.4) is 0 Å². The number of pyridine rings is 1. The summed E-state index contributed by atoms with van der Waals surface area (Å²) in [6.07, 6.45) is 5.05. The van der Waals surface area contributed by atoms with Crippen molar-refractivity contribution in [1.29, 1.82) is 0 Å². The van der Waals surface area contributed by atoms with Crippen molar-refractivity contribution in [3.8, 4) is 5.75 Å². The molecule has 1 aromatic carbocycles. The molecule has 2 aromatic heterocycles. The summed E-state index contributed by atoms with van der Waals surface area (Å²) in [7, 11) is 0. The largest absolute Gasteiger partial charge is 0.486 e. The van der Waals surface area contributed by atoms with Crippen molar-refractivity contribution in [2.45, 2.75) is 26.9 Å². The van der Waals surface area contributed by atoms with Crippen molar-refractivity contribution < 1.29 is 9.53 Å². The minimum absolute atomic E-state index is 0.130. The molecule has 6 nitrogen and oxygen atoms in total. The van der Waals surface area contributed by atoms with E-state index in [1.807, 2.05) is 54.0 Å². The lowest BCUT2D eigenvalue weighted by molar-refractivity contribution is 0.0949. The summed E-state index contributed by atoms with van der Waals surface area (Å²) < 4.78 is 7.88. The van der Waals surface area contributed by atoms with Crippen LogP contribution in [0.1, 0.15) is 35.0 Å². The molecule has 0 saturated heterocycles. The first-order valence-corrected chi connectivity index (χ1v) is 9.32. The van der Waals surface area contributed by atoms with E-state index in [0.717, 1.165) is 30.9 Å². The van der Waals surface area contributed by atoms with Gasteiger partial charge in [-0.3, -0.25) is 4.79 Å². The molecule has 0 aliphatic heterocycles. The molecule has 0 unspecified atom stereocenters. The Bertz CT molecular complexity index is 904. The summed E-state index contributed by atoms with van der Waals surface area (Å²) in [6, 6.07) is 11.3. The van der Waals surface area contributed by atoms with E-state index in [1.54, 1.807) is 6.07 Å². The number of ether oxygens (including phenoxy) is 1. The maximum absolute atomic E-state index is 12.4. The number of aryl methyl sites for hydroxylation is 1. The molecule has 0 bridgehead atoms. The van der Waals surface area contributed by atoms with Crippen LogP contribution in [-0.4, -0.2) is 34.9 Å². The fourth-order valence-electron chi connectivity index (χ4n) is 2.82. The highest BCUT2D eigenvalue weighted by atomic mass is 16.5. The van der Waals surface area contributed by atoms with Gasteiger partial charge in [0.15, 0.2) is 0 Å². The van der Waals surface area contributed by atoms with Gasteiger partial charge in [0.2, 0.25) is 0 Å². The average Bonchev–Trinajstić information content (AvgIpc) is 3.08. The first-order chi connectivity index (χ1) is 13.2. The number of para-hydroxylation sites is 1. The molecule has 0 fully saturated rings. The first kappa shape index (κ1) is 18.9. The average molecular weight is 366 g/mol. The monoisotopic (exact) mass is 366 g/mol. The van der Waals surface area contributed by atoms with Crippen molar-refractivity contribution in [1.82, 2.24) is 20.0 Å². The zero-order chi connectivity index (χ0) is 19.1. The normalized spacial score (nSPS) is 10.9. The molecule has 3 aromatic rings. The van der Waals surface area contributed by atoms with Gasteiger partial charge in [0.1, 0.15) is 18.0 Å². The molecule has 0 radical (unpaired) electrons. The third-order valence-corrected chi connectivity index (χ3v) is 4.17. The Morgan fingerprint density at radius 1 is 1.11 bits per heavy atom. The van der Waals surface area contributed by atoms with E-state index < -0.39 is 0 Å². The Hall–Kier alpha value is -2.86. The van der Waals surface area contributed by atoms with Crippen LogP contribution >= 0.6 is 0 Å². The summed E-state index contributed by atoms with van der Waals surface area (Å²) in [5.74, 6) is 0.430. The van der Waals surface area contributed by atoms with Gasteiger partial charge in [0.25, 0.3) is 5.91 Å². The van der Waals surface area contributed by atoms with Crippen LogP contribution in [-0.2, 0) is 6.61 Å². The molecule has 2 heterocycles. The predicted molar refractivity (Wildman–Crippen MR) is 106 cm³/mol. The summed E-state index contributed by atoms with van der Waals surface area (Å²) in [5.41, 5.74) is 3.40. The van der Waals surface area contributed by atoms with E-state index in [0.29, 0.717) is 24.5 Å². The standard InChI is InChI=1S/C21H26N4O2/c1-3-10-22-11-12-23-21(26)18-6-4-5-7-19(18)27-15-17-14-25-13-16(2)8-9-20(25)24-17/h4-9,13-14,22H,3,10-12,15H2,1-2H3,(H,23,26). The Kier molecular flexibility index (Phi) is 6.44. The number of fused-ring (bicyclic) bond motifs is 1. The Morgan fingerprint density at radius 3 is 2.81 bits per heavy atom. The quantitative estimate of drug-likeness (QED) is 0.572. The number of nitrogens with one attached hydrogen (secondary N) is 2. The molecule has 0 aliphatic carbocycles. The topological polar surface area (TPSA) is 67.7 Å². The SMILES string of the molecule is CCCNCCNC(=O)c1ccccc1OCc1cn2cc(C)ccc2n1. The maximum Gasteiger partial charge on any atom is 0.255 e. The first-order valence-electron chi connectivity index (χ1n) is 9.32. The zero-order valence-corrected chi connectivity index (χ0v) is 15.9. The molecule has 3 rings (SSSR count). The minimum atomic E-state index is -0.130. The molecule has 0 aliphatic rings. The van der Waals surface area contributed by atoms with Crippen LogP contribution in [0.15, 0.2) is 48.8 Å². The highest BCUT2D eigenvalue weighted by molar-refractivity contribution is 5.96. The number of carbonyl (C=O) groups is 1. The number of nitrogens with zero attached hydrogens (tertiary/aromatic N) is 2. The smallest absolute Gasteiger partial charge is 0.255 e. The summed E-state index contributed by atoms with van der Waals surface area (Å²) in [6.45, 7) is 6.76. The summed E-state index contributed by atoms with van der Waals surface area (Å²) in [4.78, 5) is 17.0. The van der Waals surface area contributed by atoms with Crippen molar-refractivity contribution in [3.63, 3.8) is 0 Å². The van der Waals surface area contributed by atoms with Gasteiger partial charge >= 0.3 is 0 Å². The van der Waals surface area contributed by atoms with Gasteiger partial charge in [0, 0.05) is 25.5 Å². The number of rotatable bonds is 9. The van der Waals surface area contributed by atoms with Gasteiger partial charge in [-0.15, -0.1) is 0 Å². The fourth-order valence-corrected chi connectivity index (χ4v) is 2.82. The van der Waals surface area contributed by atoms with Gasteiger partial charge in [-0.2, -0.15) is 0 Å². The van der Waals surface area contributed by atoms with Crippen LogP contribution < -0.4 is 15.4 Å². The van der Waals surface area contributed by atoms with Crippen molar-refractivity contribution >= 4 is 11.6 Å². The van der Waals surface area contributed by atoms with Gasteiger partial charge in [0.05, 0.1) is 11.3 Å². The highest BCUT2D eigenvalue weighted by Crippen LogP contribution is 2.19. The van der Waals surface area contributed by atoms with Crippen LogP contribution in [0.4, 0.5) is 0 Å². The predicted octanol–water partition coefficient (Wildman–Crippen LogP) is 2.95. The van der Waals surface area contributed by atoms with E-state index in [1.165, 1.54) is 5.56 Å². The van der Waals surface area contributed by atoms with Crippen molar-refractivity contribution in [3.05, 3.63) is 65.6 Å². The fraction of sp³-hybridized carbons (Fsp3) is 0.333. The van der Waals surface area contributed by atoms with E-state index in [9.17, 15) is 4.79 Å². The van der Waals surface area contributed by atoms with Crippen molar-refractivity contribution in [2.75, 3.05) is 19.6 Å². The Morgan fingerprint density at radius 2 is 1.96 bits per heavy atom. The molecule has 1 amide bonds. The number of benzene rings is 1. The van der Waals surface area contributed by atoms with Crippen LogP contribution in [0.25, 0.3) is 5.65 Å². The maximum atomic E-state index is 12.4. The van der Waals surface area contributed by atoms with Crippen LogP contribution in [0.2, 0.25) is 0 Å². The third-order valence-electron chi connectivity index (χ3n) is 4.17. The molecule has 27 heavy (non-hydrogen) atoms. The Labute approximate surface area is 159 Å². The van der Waals surface area contributed by atoms with E-state index in [-0.39, 0.29) is 5.91 Å². The lowest BCUT2D eigenvalue weighted by Gasteiger charge is -2.11. The summed E-state index contributed by atoms with van der Waals surface area (Å²) >= 11 is 0. The Balaban J connectivity index is 1.62. The summed E-state index contributed by atoms with van der Waals surface area (Å²) in [5, 5.41) is 6.19. The number of carbonyl (C=O) groups excluding carboxylic acids is 1. The van der Waals surface area contributed by atoms with E-state index >= 15 is 0 Å². The lowest BCUT2D eigenvalue weighted by Crippen LogP contribution is -2.32. The van der Waals surface area contributed by atoms with E-state index in [4.69, 9.17) is 4.74 Å². The molecule has 0 spiro atoms. The number of amides is 1. The number of hydrogen-bond acceptors (Lipinski definition) is 4. The highest BCUT2D eigenvalue weighted by Gasteiger charge is 2.12. The van der Waals surface area contributed by atoms with Crippen LogP contribution in [0.5, 0.6) is 5.75 Å². The number of hydrogen-bond donors (Lipinski definition) is 2. The third kappa shape index (κ3) is 5.08. The zero-order valence-electron chi connectivity index (χ0n) is 15.9. The van der Waals surface area contributed by atoms with E-state index in [2.05, 4.69) is 22.5 Å². The van der Waals surface area contributed by atoms with Crippen molar-refractivity contribution in [2.24, 2.45) is 0 Å². The van der Waals surface area contributed by atoms with Crippen LogP contribution in [0, 0.1) is 6.92 Å². The molecule has 0 atom stereocenters. The molecule has 142 valence electrons. The second kappa shape index (κ2) is 9.19. The second-order valence-electron chi connectivity index (χ2n) is 6.49. The van der Waals surface area contributed by atoms with Gasteiger partial charge < -0.3 is 19.8 Å². The number of imidazole rings is 1. The molecule has 0 saturated carbocycles. The lowest BCUT2D eigenvalue weighted by atomic mass is 10.2. The second-order valence-corrected chi connectivity index (χ2v) is 6.49. The molecular weight excluding hydrogens is 340 g/mol.